The maximum Gasteiger partial charge on any atom is 0.501 e. The first kappa shape index (κ1) is 27.0. The van der Waals surface area contributed by atoms with Gasteiger partial charge in [-0.3, -0.25) is 0 Å². The molecule has 0 aromatic rings. The molecule has 0 radical (unpaired) electrons. The Morgan fingerprint density at radius 2 is 1.15 bits per heavy atom. The molecule has 162 valence electrons. The monoisotopic (exact) mass is 420 g/mol. The van der Waals surface area contributed by atoms with Crippen LogP contribution in [0.15, 0.2) is 0 Å². The van der Waals surface area contributed by atoms with Gasteiger partial charge in [0.2, 0.25) is 0 Å². The lowest BCUT2D eigenvalue weighted by Gasteiger charge is -2.28. The van der Waals surface area contributed by atoms with Crippen molar-refractivity contribution in [2.45, 2.75) is 104 Å². The molecule has 6 heteroatoms. The van der Waals surface area contributed by atoms with Crippen LogP contribution < -0.4 is 0 Å². The minimum absolute atomic E-state index is 0.615. The van der Waals surface area contributed by atoms with E-state index < -0.39 is 8.80 Å². The Bertz CT molecular complexity index is 325. The molecule has 0 saturated heterocycles. The molecule has 27 heavy (non-hydrogen) atoms. The van der Waals surface area contributed by atoms with Gasteiger partial charge in [0.1, 0.15) is 0 Å². The van der Waals surface area contributed by atoms with Gasteiger partial charge < -0.3 is 18.0 Å². The van der Waals surface area contributed by atoms with Crippen molar-refractivity contribution in [3.05, 3.63) is 0 Å². The summed E-state index contributed by atoms with van der Waals surface area (Å²) in [6.45, 7) is 10.7. The van der Waals surface area contributed by atoms with Crippen molar-refractivity contribution in [2.24, 2.45) is 0 Å². The Labute approximate surface area is 175 Å². The second-order valence-corrected chi connectivity index (χ2v) is 10.1. The van der Waals surface area contributed by atoms with E-state index in [1.165, 1.54) is 51.4 Å². The molecule has 0 aromatic heterocycles. The van der Waals surface area contributed by atoms with Crippen LogP contribution in [-0.2, 0) is 18.0 Å². The highest BCUT2D eigenvalue weighted by Crippen LogP contribution is 2.18. The summed E-state index contributed by atoms with van der Waals surface area (Å²) >= 11 is 5.36. The van der Waals surface area contributed by atoms with Crippen LogP contribution in [0, 0.1) is 0 Å². The molecule has 4 nitrogen and oxygen atoms in total. The first-order valence-electron chi connectivity index (χ1n) is 11.2. The van der Waals surface area contributed by atoms with Crippen molar-refractivity contribution in [2.75, 3.05) is 26.4 Å². The molecular weight excluding hydrogens is 376 g/mol. The molecule has 0 rings (SSSR count). The van der Waals surface area contributed by atoms with Crippen molar-refractivity contribution in [1.29, 1.82) is 0 Å². The van der Waals surface area contributed by atoms with Gasteiger partial charge >= 0.3 is 8.80 Å². The molecule has 0 aromatic carbocycles. The number of unbranched alkanes of at least 4 members (excludes halogenated alkanes) is 8. The smallest absolute Gasteiger partial charge is 0.487 e. The Morgan fingerprint density at radius 1 is 0.667 bits per heavy atom. The summed E-state index contributed by atoms with van der Waals surface area (Å²) in [6, 6.07) is 0.781. The molecule has 0 heterocycles. The van der Waals surface area contributed by atoms with Crippen molar-refractivity contribution < 1.29 is 18.0 Å². The standard InChI is InChI=1S/C21H44O4SSi/c1-5-9-10-11-12-13-14-15-16-18-21(26)22-19-17-20-27(23-6-2,24-7-3)25-8-4/h5-20H2,1-4H3. The molecule has 0 aliphatic rings. The third-order valence-corrected chi connectivity index (χ3v) is 7.94. The Kier molecular flexibility index (Phi) is 19.3. The van der Waals surface area contributed by atoms with Gasteiger partial charge in [0.05, 0.1) is 6.61 Å². The molecule has 0 N–H and O–H groups in total. The van der Waals surface area contributed by atoms with E-state index in [1.54, 1.807) is 0 Å². The van der Waals surface area contributed by atoms with Crippen LogP contribution in [0.2, 0.25) is 6.04 Å². The second-order valence-electron chi connectivity index (χ2n) is 6.88. The van der Waals surface area contributed by atoms with Gasteiger partial charge in [-0.25, -0.2) is 0 Å². The van der Waals surface area contributed by atoms with E-state index in [0.29, 0.717) is 26.4 Å². The second kappa shape index (κ2) is 19.3. The summed E-state index contributed by atoms with van der Waals surface area (Å²) in [5.41, 5.74) is 0. The molecule has 0 atom stereocenters. The molecule has 0 bridgehead atoms. The SMILES string of the molecule is CCCCCCCCCCCC(=S)OCCC[Si](OCC)(OCC)OCC. The summed E-state index contributed by atoms with van der Waals surface area (Å²) in [6.07, 6.45) is 13.7. The van der Waals surface area contributed by atoms with E-state index in [2.05, 4.69) is 6.92 Å². The third-order valence-electron chi connectivity index (χ3n) is 4.47. The molecule has 0 saturated carbocycles. The number of ether oxygens (including phenoxy) is 1. The van der Waals surface area contributed by atoms with E-state index in [0.717, 1.165) is 30.4 Å². The molecule has 0 fully saturated rings. The molecule has 0 aliphatic heterocycles. The quantitative estimate of drug-likeness (QED) is 0.125. The maximum absolute atomic E-state index is 5.86. The zero-order valence-electron chi connectivity index (χ0n) is 18.4. The van der Waals surface area contributed by atoms with Crippen molar-refractivity contribution in [1.82, 2.24) is 0 Å². The van der Waals surface area contributed by atoms with E-state index in [1.807, 2.05) is 20.8 Å². The molecule has 0 amide bonds. The first-order valence-corrected chi connectivity index (χ1v) is 13.6. The molecule has 0 unspecified atom stereocenters. The fourth-order valence-electron chi connectivity index (χ4n) is 3.13. The van der Waals surface area contributed by atoms with Gasteiger partial charge in [0, 0.05) is 32.3 Å². The minimum Gasteiger partial charge on any atom is -0.487 e. The lowest BCUT2D eigenvalue weighted by atomic mass is 10.1. The largest absolute Gasteiger partial charge is 0.501 e. The van der Waals surface area contributed by atoms with Crippen LogP contribution in [0.3, 0.4) is 0 Å². The molecular formula is C21H44O4SSi. The number of rotatable bonds is 20. The predicted molar refractivity (Wildman–Crippen MR) is 120 cm³/mol. The normalized spacial score (nSPS) is 11.7. The van der Waals surface area contributed by atoms with Crippen LogP contribution in [0.5, 0.6) is 0 Å². The van der Waals surface area contributed by atoms with E-state index in [4.69, 9.17) is 30.2 Å². The summed E-state index contributed by atoms with van der Waals surface area (Å²) in [7, 11) is -2.54. The summed E-state index contributed by atoms with van der Waals surface area (Å²) in [5.74, 6) is 0. The van der Waals surface area contributed by atoms with Crippen LogP contribution in [0.1, 0.15) is 98.3 Å². The fraction of sp³-hybridized carbons (Fsp3) is 0.952. The maximum atomic E-state index is 5.86. The topological polar surface area (TPSA) is 36.9 Å². The highest BCUT2D eigenvalue weighted by molar-refractivity contribution is 7.80. The van der Waals surface area contributed by atoms with Crippen LogP contribution in [0.25, 0.3) is 0 Å². The van der Waals surface area contributed by atoms with E-state index in [9.17, 15) is 0 Å². The summed E-state index contributed by atoms with van der Waals surface area (Å²) in [4.78, 5) is 0. The van der Waals surface area contributed by atoms with Gasteiger partial charge in [-0.15, -0.1) is 0 Å². The van der Waals surface area contributed by atoms with Gasteiger partial charge in [-0.2, -0.15) is 0 Å². The van der Waals surface area contributed by atoms with E-state index in [-0.39, 0.29) is 0 Å². The van der Waals surface area contributed by atoms with Crippen molar-refractivity contribution in [3.63, 3.8) is 0 Å². The highest BCUT2D eigenvalue weighted by atomic mass is 32.1. The van der Waals surface area contributed by atoms with Gasteiger partial charge in [0.25, 0.3) is 0 Å². The number of thiocarbonyl (C=S) groups is 1. The van der Waals surface area contributed by atoms with Gasteiger partial charge in [-0.05, 0) is 45.8 Å². The Balaban J connectivity index is 3.74. The van der Waals surface area contributed by atoms with Crippen molar-refractivity contribution in [3.8, 4) is 0 Å². The Morgan fingerprint density at radius 3 is 1.63 bits per heavy atom. The fourth-order valence-corrected chi connectivity index (χ4v) is 5.94. The first-order chi connectivity index (χ1) is 13.1. The van der Waals surface area contributed by atoms with Crippen molar-refractivity contribution >= 4 is 26.1 Å². The Hall–Kier alpha value is -0.0131. The van der Waals surface area contributed by atoms with Gasteiger partial charge in [0.15, 0.2) is 5.05 Å². The lowest BCUT2D eigenvalue weighted by molar-refractivity contribution is 0.0695. The zero-order chi connectivity index (χ0) is 20.2. The minimum atomic E-state index is -2.54. The average molecular weight is 421 g/mol. The molecule has 0 aliphatic carbocycles. The average Bonchev–Trinajstić information content (AvgIpc) is 2.64. The van der Waals surface area contributed by atoms with Crippen LogP contribution in [0.4, 0.5) is 0 Å². The predicted octanol–water partition coefficient (Wildman–Crippen LogP) is 6.69. The summed E-state index contributed by atoms with van der Waals surface area (Å²) < 4.78 is 23.3. The molecule has 0 spiro atoms. The van der Waals surface area contributed by atoms with Crippen LogP contribution in [-0.4, -0.2) is 40.3 Å². The zero-order valence-corrected chi connectivity index (χ0v) is 20.2. The highest BCUT2D eigenvalue weighted by Gasteiger charge is 2.39. The number of hydrogen-bond acceptors (Lipinski definition) is 5. The summed E-state index contributed by atoms with van der Waals surface area (Å²) in [5, 5.41) is 0.745. The van der Waals surface area contributed by atoms with Gasteiger partial charge in [-0.1, -0.05) is 58.3 Å². The lowest BCUT2D eigenvalue weighted by Crippen LogP contribution is -2.46. The third kappa shape index (κ3) is 15.6. The van der Waals surface area contributed by atoms with E-state index >= 15 is 0 Å². The van der Waals surface area contributed by atoms with Crippen LogP contribution >= 0.6 is 12.2 Å². The number of hydrogen-bond donors (Lipinski definition) is 0.